The van der Waals surface area contributed by atoms with Crippen LogP contribution < -0.4 is 5.56 Å². The Morgan fingerprint density at radius 3 is 2.54 bits per heavy atom. The molecule has 130 valence electrons. The molecule has 0 aliphatic carbocycles. The maximum Gasteiger partial charge on any atom is 0.264 e. The molecule has 0 fully saturated rings. The van der Waals surface area contributed by atoms with Gasteiger partial charge in [0.25, 0.3) is 5.56 Å². The molecular weight excluding hydrogens is 406 g/mol. The van der Waals surface area contributed by atoms with Gasteiger partial charge in [0.2, 0.25) is 0 Å². The number of hydrogen-bond acceptors (Lipinski definition) is 3. The molecule has 0 atom stereocenters. The third-order valence-corrected chi connectivity index (χ3v) is 4.49. The van der Waals surface area contributed by atoms with Crippen molar-refractivity contribution in [2.75, 3.05) is 0 Å². The molecule has 0 radical (unpaired) electrons. The fraction of sp³-hybridized carbons (Fsp3) is 0.0556. The standard InChI is InChI=1S/C18H11BrF2N4O/c19-12-2-4-13(5-3-12)25-17-14(8-23-25)18(26)24(10-22-17)9-11-1-6-15(20)16(21)7-11/h1-8,10H,9H2. The van der Waals surface area contributed by atoms with Crippen LogP contribution >= 0.6 is 15.9 Å². The Labute approximate surface area is 154 Å². The Morgan fingerprint density at radius 1 is 1.04 bits per heavy atom. The number of hydrogen-bond donors (Lipinski definition) is 0. The van der Waals surface area contributed by atoms with Gasteiger partial charge in [-0.25, -0.2) is 18.4 Å². The van der Waals surface area contributed by atoms with Gasteiger partial charge in [-0.3, -0.25) is 9.36 Å². The summed E-state index contributed by atoms with van der Waals surface area (Å²) in [6.45, 7) is 0.0858. The minimum atomic E-state index is -0.951. The van der Waals surface area contributed by atoms with Crippen LogP contribution in [0.2, 0.25) is 0 Å². The monoisotopic (exact) mass is 416 g/mol. The minimum absolute atomic E-state index is 0.0858. The van der Waals surface area contributed by atoms with Crippen molar-refractivity contribution in [3.05, 3.63) is 87.0 Å². The predicted molar refractivity (Wildman–Crippen MR) is 96.3 cm³/mol. The highest BCUT2D eigenvalue weighted by molar-refractivity contribution is 9.10. The second-order valence-corrected chi connectivity index (χ2v) is 6.61. The number of nitrogens with zero attached hydrogens (tertiary/aromatic N) is 4. The van der Waals surface area contributed by atoms with Crippen LogP contribution in [0.4, 0.5) is 8.78 Å². The van der Waals surface area contributed by atoms with Crippen LogP contribution in [0.25, 0.3) is 16.7 Å². The van der Waals surface area contributed by atoms with Gasteiger partial charge in [0.1, 0.15) is 11.7 Å². The van der Waals surface area contributed by atoms with E-state index in [1.54, 1.807) is 4.68 Å². The maximum atomic E-state index is 13.4. The highest BCUT2D eigenvalue weighted by atomic mass is 79.9. The lowest BCUT2D eigenvalue weighted by Gasteiger charge is -2.07. The van der Waals surface area contributed by atoms with E-state index in [1.807, 2.05) is 24.3 Å². The molecule has 2 heterocycles. The molecule has 2 aromatic heterocycles. The molecule has 0 aliphatic rings. The molecule has 0 unspecified atom stereocenters. The number of benzene rings is 2. The summed E-state index contributed by atoms with van der Waals surface area (Å²) in [4.78, 5) is 17.0. The number of rotatable bonds is 3. The molecule has 0 bridgehead atoms. The number of fused-ring (bicyclic) bond motifs is 1. The van der Waals surface area contributed by atoms with Crippen molar-refractivity contribution >= 4 is 27.0 Å². The van der Waals surface area contributed by atoms with E-state index in [2.05, 4.69) is 26.0 Å². The summed E-state index contributed by atoms with van der Waals surface area (Å²) >= 11 is 3.37. The molecule has 2 aromatic carbocycles. The largest absolute Gasteiger partial charge is 0.294 e. The third kappa shape index (κ3) is 2.92. The second-order valence-electron chi connectivity index (χ2n) is 5.70. The van der Waals surface area contributed by atoms with Gasteiger partial charge >= 0.3 is 0 Å². The fourth-order valence-electron chi connectivity index (χ4n) is 2.67. The van der Waals surface area contributed by atoms with Gasteiger partial charge in [0, 0.05) is 4.47 Å². The summed E-state index contributed by atoms with van der Waals surface area (Å²) in [7, 11) is 0. The molecule has 0 N–H and O–H groups in total. The average Bonchev–Trinajstić information content (AvgIpc) is 3.06. The number of aromatic nitrogens is 4. The highest BCUT2D eigenvalue weighted by Gasteiger charge is 2.12. The first kappa shape index (κ1) is 16.6. The Kier molecular flexibility index (Phi) is 4.12. The first-order valence-corrected chi connectivity index (χ1v) is 8.45. The first-order chi connectivity index (χ1) is 12.5. The highest BCUT2D eigenvalue weighted by Crippen LogP contribution is 2.17. The molecule has 8 heteroatoms. The van der Waals surface area contributed by atoms with Crippen molar-refractivity contribution < 1.29 is 8.78 Å². The van der Waals surface area contributed by atoms with Crippen LogP contribution in [0.3, 0.4) is 0 Å². The van der Waals surface area contributed by atoms with E-state index in [4.69, 9.17) is 0 Å². The molecule has 5 nitrogen and oxygen atoms in total. The number of halogens is 3. The van der Waals surface area contributed by atoms with Crippen molar-refractivity contribution in [2.45, 2.75) is 6.54 Å². The predicted octanol–water partition coefficient (Wildman–Crippen LogP) is 3.67. The van der Waals surface area contributed by atoms with Gasteiger partial charge in [-0.05, 0) is 42.0 Å². The molecule has 0 spiro atoms. The Bertz CT molecular complexity index is 1170. The summed E-state index contributed by atoms with van der Waals surface area (Å²) in [6, 6.07) is 11.0. The van der Waals surface area contributed by atoms with Crippen molar-refractivity contribution in [3.8, 4) is 5.69 Å². The summed E-state index contributed by atoms with van der Waals surface area (Å²) in [5.41, 5.74) is 1.36. The van der Waals surface area contributed by atoms with E-state index < -0.39 is 11.6 Å². The average molecular weight is 417 g/mol. The van der Waals surface area contributed by atoms with Crippen molar-refractivity contribution in [1.29, 1.82) is 0 Å². The summed E-state index contributed by atoms with van der Waals surface area (Å²) in [5, 5.41) is 4.59. The van der Waals surface area contributed by atoms with Crippen LogP contribution in [-0.2, 0) is 6.54 Å². The van der Waals surface area contributed by atoms with E-state index in [0.717, 1.165) is 22.3 Å². The lowest BCUT2D eigenvalue weighted by Crippen LogP contribution is -2.21. The minimum Gasteiger partial charge on any atom is -0.294 e. The van der Waals surface area contributed by atoms with Gasteiger partial charge in [-0.1, -0.05) is 22.0 Å². The van der Waals surface area contributed by atoms with Crippen LogP contribution in [-0.4, -0.2) is 19.3 Å². The maximum absolute atomic E-state index is 13.4. The SMILES string of the molecule is O=c1c2cnn(-c3ccc(Br)cc3)c2ncn1Cc1ccc(F)c(F)c1. The molecular formula is C18H11BrF2N4O. The Hall–Kier alpha value is -2.87. The quantitative estimate of drug-likeness (QED) is 0.511. The first-order valence-electron chi connectivity index (χ1n) is 7.66. The van der Waals surface area contributed by atoms with E-state index in [1.165, 1.54) is 23.2 Å². The van der Waals surface area contributed by atoms with E-state index in [-0.39, 0.29) is 12.1 Å². The molecule has 26 heavy (non-hydrogen) atoms. The van der Waals surface area contributed by atoms with Crippen LogP contribution in [0.15, 0.2) is 64.3 Å². The smallest absolute Gasteiger partial charge is 0.264 e. The summed E-state index contributed by atoms with van der Waals surface area (Å²) < 4.78 is 30.2. The molecule has 0 saturated carbocycles. The van der Waals surface area contributed by atoms with Crippen molar-refractivity contribution in [2.24, 2.45) is 0 Å². The zero-order valence-electron chi connectivity index (χ0n) is 13.2. The molecule has 4 rings (SSSR count). The third-order valence-electron chi connectivity index (χ3n) is 3.96. The van der Waals surface area contributed by atoms with E-state index in [0.29, 0.717) is 16.6 Å². The van der Waals surface area contributed by atoms with Crippen molar-refractivity contribution in [1.82, 2.24) is 19.3 Å². The molecule has 0 aliphatic heterocycles. The van der Waals surface area contributed by atoms with Gasteiger partial charge < -0.3 is 0 Å². The zero-order chi connectivity index (χ0) is 18.3. The topological polar surface area (TPSA) is 52.7 Å². The summed E-state index contributed by atoms with van der Waals surface area (Å²) in [5.74, 6) is -1.88. The molecule has 4 aromatic rings. The van der Waals surface area contributed by atoms with Crippen LogP contribution in [0, 0.1) is 11.6 Å². The second kappa shape index (κ2) is 6.45. The fourth-order valence-corrected chi connectivity index (χ4v) is 2.93. The molecule has 0 amide bonds. The zero-order valence-corrected chi connectivity index (χ0v) is 14.8. The lowest BCUT2D eigenvalue weighted by atomic mass is 10.2. The van der Waals surface area contributed by atoms with Gasteiger partial charge in [0.15, 0.2) is 17.3 Å². The van der Waals surface area contributed by atoms with Gasteiger partial charge in [-0.2, -0.15) is 5.10 Å². The Balaban J connectivity index is 1.75. The van der Waals surface area contributed by atoms with E-state index >= 15 is 0 Å². The van der Waals surface area contributed by atoms with E-state index in [9.17, 15) is 13.6 Å². The molecule has 0 saturated heterocycles. The lowest BCUT2D eigenvalue weighted by molar-refractivity contribution is 0.506. The van der Waals surface area contributed by atoms with Crippen LogP contribution in [0.1, 0.15) is 5.56 Å². The van der Waals surface area contributed by atoms with Gasteiger partial charge in [0.05, 0.1) is 18.4 Å². The normalized spacial score (nSPS) is 11.2. The van der Waals surface area contributed by atoms with Crippen molar-refractivity contribution in [3.63, 3.8) is 0 Å². The summed E-state index contributed by atoms with van der Waals surface area (Å²) in [6.07, 6.45) is 2.83. The van der Waals surface area contributed by atoms with Gasteiger partial charge in [-0.15, -0.1) is 0 Å². The Morgan fingerprint density at radius 2 is 1.81 bits per heavy atom. The van der Waals surface area contributed by atoms with Crippen LogP contribution in [0.5, 0.6) is 0 Å².